The molecule has 0 aliphatic rings. The van der Waals surface area contributed by atoms with Crippen molar-refractivity contribution in [2.45, 2.75) is 60.3 Å². The molecule has 3 rings (SSSR count). The van der Waals surface area contributed by atoms with Crippen molar-refractivity contribution >= 4 is 33.0 Å². The van der Waals surface area contributed by atoms with Crippen molar-refractivity contribution in [2.75, 3.05) is 13.2 Å². The molecule has 4 heteroatoms. The Morgan fingerprint density at radius 3 is 2.38 bits per heavy atom. The predicted octanol–water partition coefficient (Wildman–Crippen LogP) is 8.18. The average Bonchev–Trinajstić information content (AvgIpc) is 3.18. The Labute approximate surface area is 196 Å². The third-order valence-electron chi connectivity index (χ3n) is 5.56. The highest BCUT2D eigenvalue weighted by Gasteiger charge is 2.20. The minimum atomic E-state index is -0.299. The molecular formula is C28H34O3S. The Balaban J connectivity index is 2.23. The van der Waals surface area contributed by atoms with Crippen LogP contribution in [-0.2, 0) is 9.53 Å². The molecule has 32 heavy (non-hydrogen) atoms. The van der Waals surface area contributed by atoms with Gasteiger partial charge in [-0.05, 0) is 66.8 Å². The zero-order chi connectivity index (χ0) is 23.4. The van der Waals surface area contributed by atoms with Crippen LogP contribution in [0.4, 0.5) is 0 Å². The summed E-state index contributed by atoms with van der Waals surface area (Å²) in [7, 11) is 0. The fourth-order valence-electron chi connectivity index (χ4n) is 3.84. The Morgan fingerprint density at radius 1 is 1.00 bits per heavy atom. The number of rotatable bonds is 8. The second-order valence-electron chi connectivity index (χ2n) is 8.64. The predicted molar refractivity (Wildman–Crippen MR) is 137 cm³/mol. The summed E-state index contributed by atoms with van der Waals surface area (Å²) in [6.45, 7) is 15.7. The molecule has 1 heterocycles. The van der Waals surface area contributed by atoms with Gasteiger partial charge in [-0.3, -0.25) is 0 Å². The summed E-state index contributed by atoms with van der Waals surface area (Å²) in [4.78, 5) is 13.0. The second kappa shape index (κ2) is 10.4. The van der Waals surface area contributed by atoms with Gasteiger partial charge in [0.2, 0.25) is 0 Å². The summed E-state index contributed by atoms with van der Waals surface area (Å²) < 4.78 is 12.5. The van der Waals surface area contributed by atoms with Crippen LogP contribution in [0.3, 0.4) is 0 Å². The molecular weight excluding hydrogens is 416 g/mol. The summed E-state index contributed by atoms with van der Waals surface area (Å²) in [5.74, 6) is 1.47. The third kappa shape index (κ3) is 5.07. The Bertz CT molecular complexity index is 1140. The van der Waals surface area contributed by atoms with E-state index < -0.39 is 0 Å². The van der Waals surface area contributed by atoms with E-state index in [0.717, 1.165) is 21.8 Å². The topological polar surface area (TPSA) is 35.5 Å². The van der Waals surface area contributed by atoms with E-state index >= 15 is 0 Å². The summed E-state index contributed by atoms with van der Waals surface area (Å²) in [5.41, 5.74) is 5.81. The van der Waals surface area contributed by atoms with Crippen molar-refractivity contribution in [1.29, 1.82) is 0 Å². The van der Waals surface area contributed by atoms with Crippen molar-refractivity contribution < 1.29 is 14.3 Å². The maximum absolute atomic E-state index is 11.9. The summed E-state index contributed by atoms with van der Waals surface area (Å²) >= 11 is 1.71. The Morgan fingerprint density at radius 2 is 1.75 bits per heavy atom. The third-order valence-corrected chi connectivity index (χ3v) is 6.88. The molecule has 0 spiro atoms. The minimum Gasteiger partial charge on any atom is -0.493 e. The van der Waals surface area contributed by atoms with Gasteiger partial charge in [0.25, 0.3) is 0 Å². The van der Waals surface area contributed by atoms with Gasteiger partial charge in [0, 0.05) is 26.8 Å². The molecule has 1 aromatic heterocycles. The SMILES string of the molecule is CCOC(=O)C=C(C)c1cc2cccc(-c3cc(C(C)C)cc(C(C)C)c3OCC)c2s1. The molecule has 0 radical (unpaired) electrons. The number of thiophene rings is 1. The van der Waals surface area contributed by atoms with Crippen LogP contribution in [0.2, 0.25) is 0 Å². The van der Waals surface area contributed by atoms with E-state index in [1.165, 1.54) is 26.8 Å². The lowest BCUT2D eigenvalue weighted by Crippen LogP contribution is -2.03. The van der Waals surface area contributed by atoms with Crippen molar-refractivity contribution in [3.8, 4) is 16.9 Å². The number of allylic oxidation sites excluding steroid dienone is 1. The van der Waals surface area contributed by atoms with E-state index in [4.69, 9.17) is 9.47 Å². The van der Waals surface area contributed by atoms with Crippen molar-refractivity contribution in [2.24, 2.45) is 0 Å². The first-order valence-corrected chi connectivity index (χ1v) is 12.3. The summed E-state index contributed by atoms with van der Waals surface area (Å²) in [5, 5.41) is 1.17. The summed E-state index contributed by atoms with van der Waals surface area (Å²) in [6.07, 6.45) is 1.58. The minimum absolute atomic E-state index is 0.299. The highest BCUT2D eigenvalue weighted by molar-refractivity contribution is 7.20. The van der Waals surface area contributed by atoms with Gasteiger partial charge in [-0.2, -0.15) is 0 Å². The lowest BCUT2D eigenvalue weighted by molar-refractivity contribution is -0.137. The quantitative estimate of drug-likeness (QED) is 0.256. The number of carbonyl (C=O) groups excluding carboxylic acids is 1. The number of ether oxygens (including phenoxy) is 2. The van der Waals surface area contributed by atoms with Crippen LogP contribution in [0.5, 0.6) is 5.75 Å². The molecule has 0 saturated carbocycles. The molecule has 0 aliphatic heterocycles. The monoisotopic (exact) mass is 450 g/mol. The van der Waals surface area contributed by atoms with Crippen molar-refractivity contribution in [3.05, 3.63) is 58.5 Å². The molecule has 0 unspecified atom stereocenters. The fraction of sp³-hybridized carbons (Fsp3) is 0.393. The lowest BCUT2D eigenvalue weighted by atomic mass is 9.89. The van der Waals surface area contributed by atoms with Crippen LogP contribution < -0.4 is 4.74 Å². The van der Waals surface area contributed by atoms with Gasteiger partial charge in [0.1, 0.15) is 5.75 Å². The maximum atomic E-state index is 11.9. The van der Waals surface area contributed by atoms with Gasteiger partial charge < -0.3 is 9.47 Å². The van der Waals surface area contributed by atoms with Crippen LogP contribution in [0.1, 0.15) is 76.3 Å². The number of benzene rings is 2. The van der Waals surface area contributed by atoms with Crippen LogP contribution in [-0.4, -0.2) is 19.2 Å². The summed E-state index contributed by atoms with van der Waals surface area (Å²) in [6, 6.07) is 13.2. The molecule has 0 fully saturated rings. The zero-order valence-corrected chi connectivity index (χ0v) is 21.1. The molecule has 170 valence electrons. The molecule has 0 atom stereocenters. The van der Waals surface area contributed by atoms with Gasteiger partial charge >= 0.3 is 5.97 Å². The van der Waals surface area contributed by atoms with Crippen LogP contribution in [0.15, 0.2) is 42.5 Å². The molecule has 0 N–H and O–H groups in total. The van der Waals surface area contributed by atoms with E-state index in [9.17, 15) is 4.79 Å². The molecule has 2 aromatic carbocycles. The van der Waals surface area contributed by atoms with Gasteiger partial charge in [0.15, 0.2) is 0 Å². The Kier molecular flexibility index (Phi) is 7.78. The maximum Gasteiger partial charge on any atom is 0.331 e. The van der Waals surface area contributed by atoms with E-state index in [0.29, 0.717) is 25.0 Å². The lowest BCUT2D eigenvalue weighted by Gasteiger charge is -2.21. The first-order valence-electron chi connectivity index (χ1n) is 11.5. The van der Waals surface area contributed by atoms with Gasteiger partial charge in [-0.1, -0.05) is 52.0 Å². The van der Waals surface area contributed by atoms with E-state index in [1.54, 1.807) is 17.4 Å². The van der Waals surface area contributed by atoms with E-state index in [1.807, 2.05) is 20.8 Å². The van der Waals surface area contributed by atoms with Gasteiger partial charge in [0.05, 0.1) is 13.2 Å². The smallest absolute Gasteiger partial charge is 0.331 e. The molecule has 0 amide bonds. The molecule has 0 saturated heterocycles. The fourth-order valence-corrected chi connectivity index (χ4v) is 5.00. The highest BCUT2D eigenvalue weighted by atomic mass is 32.1. The number of fused-ring (bicyclic) bond motifs is 1. The first-order chi connectivity index (χ1) is 15.3. The average molecular weight is 451 g/mol. The molecule has 0 bridgehead atoms. The molecule has 0 aliphatic carbocycles. The van der Waals surface area contributed by atoms with Crippen LogP contribution >= 0.6 is 11.3 Å². The Hall–Kier alpha value is -2.59. The molecule has 3 nitrogen and oxygen atoms in total. The van der Waals surface area contributed by atoms with Gasteiger partial charge in [-0.25, -0.2) is 4.79 Å². The van der Waals surface area contributed by atoms with Crippen LogP contribution in [0, 0.1) is 0 Å². The first kappa shape index (κ1) is 24.1. The standard InChI is InChI=1S/C28H34O3S/c1-8-30-26(29)13-19(7)25-16-20-11-10-12-22(28(20)32-25)24-15-21(17(3)4)14-23(18(5)6)27(24)31-9-2/h10-18H,8-9H2,1-7H3. The number of hydrogen-bond donors (Lipinski definition) is 0. The van der Waals surface area contributed by atoms with Gasteiger partial charge in [-0.15, -0.1) is 11.3 Å². The number of carbonyl (C=O) groups is 1. The van der Waals surface area contributed by atoms with Crippen molar-refractivity contribution in [1.82, 2.24) is 0 Å². The highest BCUT2D eigenvalue weighted by Crippen LogP contribution is 2.44. The molecule has 3 aromatic rings. The number of esters is 1. The number of hydrogen-bond acceptors (Lipinski definition) is 4. The van der Waals surface area contributed by atoms with Crippen molar-refractivity contribution in [3.63, 3.8) is 0 Å². The van der Waals surface area contributed by atoms with Crippen LogP contribution in [0.25, 0.3) is 26.8 Å². The zero-order valence-electron chi connectivity index (χ0n) is 20.2. The second-order valence-corrected chi connectivity index (χ2v) is 9.70. The van der Waals surface area contributed by atoms with E-state index in [-0.39, 0.29) is 5.97 Å². The van der Waals surface area contributed by atoms with E-state index in [2.05, 4.69) is 64.1 Å². The largest absolute Gasteiger partial charge is 0.493 e. The normalized spacial score (nSPS) is 12.1.